The van der Waals surface area contributed by atoms with Crippen LogP contribution in [0.1, 0.15) is 43.9 Å². The monoisotopic (exact) mass is 234 g/mol. The van der Waals surface area contributed by atoms with Crippen LogP contribution in [0.2, 0.25) is 0 Å². The third kappa shape index (κ3) is 2.99. The highest BCUT2D eigenvalue weighted by molar-refractivity contribution is 5.47. The average Bonchev–Trinajstić information content (AvgIpc) is 2.59. The van der Waals surface area contributed by atoms with Crippen molar-refractivity contribution in [3.63, 3.8) is 0 Å². The molecule has 94 valence electrons. The fourth-order valence-corrected chi connectivity index (χ4v) is 2.73. The van der Waals surface area contributed by atoms with E-state index in [1.165, 1.54) is 11.1 Å². The van der Waals surface area contributed by atoms with Crippen LogP contribution in [0.15, 0.2) is 18.2 Å². The highest BCUT2D eigenvalue weighted by atomic mass is 16.3. The number of aliphatic hydroxyl groups is 1. The van der Waals surface area contributed by atoms with Crippen LogP contribution in [-0.4, -0.2) is 17.3 Å². The van der Waals surface area contributed by atoms with Crippen molar-refractivity contribution in [2.24, 2.45) is 0 Å². The number of aryl methyl sites for hydroxylation is 1. The van der Waals surface area contributed by atoms with E-state index < -0.39 is 0 Å². The van der Waals surface area contributed by atoms with Crippen LogP contribution in [0.25, 0.3) is 0 Å². The zero-order chi connectivity index (χ0) is 12.4. The number of aliphatic hydroxyl groups excluding tert-OH is 1. The first kappa shape index (κ1) is 12.4. The molecule has 0 spiro atoms. The summed E-state index contributed by atoms with van der Waals surface area (Å²) >= 11 is 0. The van der Waals surface area contributed by atoms with E-state index in [9.17, 15) is 5.11 Å². The Morgan fingerprint density at radius 1 is 1.47 bits per heavy atom. The van der Waals surface area contributed by atoms with E-state index in [4.69, 9.17) is 5.73 Å². The maximum absolute atomic E-state index is 9.37. The summed E-state index contributed by atoms with van der Waals surface area (Å²) in [6.45, 7) is 3.96. The number of nitrogen functional groups attached to an aromatic ring is 1. The van der Waals surface area contributed by atoms with Crippen LogP contribution in [0, 0.1) is 0 Å². The smallest absolute Gasteiger partial charge is 0.0526 e. The van der Waals surface area contributed by atoms with Gasteiger partial charge in [-0.3, -0.25) is 0 Å². The standard InChI is InChI=1S/C14H22N2O/c1-9(7-10(2)17)16-14-6-3-11-8-12(15)4-5-13(11)14/h4-5,8-10,14,16-17H,3,6-7,15H2,1-2H3. The predicted octanol–water partition coefficient (Wildman–Crippen LogP) is 2.01. The first-order valence-electron chi connectivity index (χ1n) is 6.38. The van der Waals surface area contributed by atoms with Gasteiger partial charge >= 0.3 is 0 Å². The van der Waals surface area contributed by atoms with Crippen molar-refractivity contribution < 1.29 is 5.11 Å². The summed E-state index contributed by atoms with van der Waals surface area (Å²) in [7, 11) is 0. The van der Waals surface area contributed by atoms with E-state index in [1.54, 1.807) is 0 Å². The quantitative estimate of drug-likeness (QED) is 0.698. The Bertz CT molecular complexity index is 390. The van der Waals surface area contributed by atoms with Gasteiger partial charge in [-0.15, -0.1) is 0 Å². The Balaban J connectivity index is 2.02. The first-order chi connectivity index (χ1) is 8.06. The molecular weight excluding hydrogens is 212 g/mol. The van der Waals surface area contributed by atoms with Gasteiger partial charge in [0.1, 0.15) is 0 Å². The third-order valence-corrected chi connectivity index (χ3v) is 3.43. The molecule has 0 fully saturated rings. The molecule has 17 heavy (non-hydrogen) atoms. The second-order valence-corrected chi connectivity index (χ2v) is 5.20. The molecule has 2 rings (SSSR count). The lowest BCUT2D eigenvalue weighted by atomic mass is 10.1. The summed E-state index contributed by atoms with van der Waals surface area (Å²) in [5.41, 5.74) is 9.38. The number of fused-ring (bicyclic) bond motifs is 1. The molecule has 3 atom stereocenters. The largest absolute Gasteiger partial charge is 0.399 e. The fraction of sp³-hybridized carbons (Fsp3) is 0.571. The summed E-state index contributed by atoms with van der Waals surface area (Å²) in [5, 5.41) is 13.0. The van der Waals surface area contributed by atoms with E-state index >= 15 is 0 Å². The minimum absolute atomic E-state index is 0.246. The summed E-state index contributed by atoms with van der Waals surface area (Å²) in [6.07, 6.45) is 2.77. The molecule has 0 aromatic heterocycles. The van der Waals surface area contributed by atoms with Crippen molar-refractivity contribution in [1.29, 1.82) is 0 Å². The van der Waals surface area contributed by atoms with Crippen molar-refractivity contribution >= 4 is 5.69 Å². The molecule has 0 radical (unpaired) electrons. The molecule has 0 saturated carbocycles. The molecule has 0 heterocycles. The summed E-state index contributed by atoms with van der Waals surface area (Å²) in [4.78, 5) is 0. The van der Waals surface area contributed by atoms with Crippen molar-refractivity contribution in [2.45, 2.75) is 51.3 Å². The van der Waals surface area contributed by atoms with E-state index in [0.29, 0.717) is 12.1 Å². The van der Waals surface area contributed by atoms with Gasteiger partial charge in [0.05, 0.1) is 6.10 Å². The molecule has 3 nitrogen and oxygen atoms in total. The van der Waals surface area contributed by atoms with E-state index in [2.05, 4.69) is 24.4 Å². The lowest BCUT2D eigenvalue weighted by Gasteiger charge is -2.21. The van der Waals surface area contributed by atoms with E-state index in [0.717, 1.165) is 24.9 Å². The van der Waals surface area contributed by atoms with Gasteiger partial charge in [-0.1, -0.05) is 6.07 Å². The molecule has 1 aromatic rings. The molecule has 0 saturated heterocycles. The normalized spacial score (nSPS) is 22.2. The average molecular weight is 234 g/mol. The molecule has 1 aliphatic rings. The van der Waals surface area contributed by atoms with Crippen molar-refractivity contribution in [2.75, 3.05) is 5.73 Å². The Morgan fingerprint density at radius 2 is 2.24 bits per heavy atom. The molecule has 3 heteroatoms. The number of anilines is 1. The summed E-state index contributed by atoms with van der Waals surface area (Å²) in [5.74, 6) is 0. The number of nitrogens with one attached hydrogen (secondary N) is 1. The van der Waals surface area contributed by atoms with Crippen molar-refractivity contribution in [3.8, 4) is 0 Å². The number of benzene rings is 1. The number of rotatable bonds is 4. The van der Waals surface area contributed by atoms with Crippen LogP contribution in [0.5, 0.6) is 0 Å². The molecule has 1 aliphatic carbocycles. The van der Waals surface area contributed by atoms with Gasteiger partial charge in [0.2, 0.25) is 0 Å². The lowest BCUT2D eigenvalue weighted by Crippen LogP contribution is -2.31. The van der Waals surface area contributed by atoms with Crippen LogP contribution >= 0.6 is 0 Å². The first-order valence-corrected chi connectivity index (χ1v) is 6.38. The Morgan fingerprint density at radius 3 is 2.94 bits per heavy atom. The predicted molar refractivity (Wildman–Crippen MR) is 70.8 cm³/mol. The maximum atomic E-state index is 9.37. The molecule has 0 aliphatic heterocycles. The zero-order valence-corrected chi connectivity index (χ0v) is 10.6. The minimum atomic E-state index is -0.246. The Kier molecular flexibility index (Phi) is 3.69. The summed E-state index contributed by atoms with van der Waals surface area (Å²) < 4.78 is 0. The Hall–Kier alpha value is -1.06. The van der Waals surface area contributed by atoms with Gasteiger partial charge in [0.15, 0.2) is 0 Å². The summed E-state index contributed by atoms with van der Waals surface area (Å²) in [6, 6.07) is 6.93. The van der Waals surface area contributed by atoms with Gasteiger partial charge in [-0.25, -0.2) is 0 Å². The van der Waals surface area contributed by atoms with Crippen LogP contribution < -0.4 is 11.1 Å². The molecule has 0 bridgehead atoms. The number of hydrogen-bond donors (Lipinski definition) is 3. The number of nitrogens with two attached hydrogens (primary N) is 1. The van der Waals surface area contributed by atoms with Gasteiger partial charge in [0, 0.05) is 17.8 Å². The fourth-order valence-electron chi connectivity index (χ4n) is 2.73. The van der Waals surface area contributed by atoms with E-state index in [1.807, 2.05) is 13.0 Å². The molecule has 3 unspecified atom stereocenters. The number of hydrogen-bond acceptors (Lipinski definition) is 3. The lowest BCUT2D eigenvalue weighted by molar-refractivity contribution is 0.168. The van der Waals surface area contributed by atoms with Crippen molar-refractivity contribution in [3.05, 3.63) is 29.3 Å². The SMILES string of the molecule is CC(O)CC(C)NC1CCc2cc(N)ccc21. The topological polar surface area (TPSA) is 58.3 Å². The van der Waals surface area contributed by atoms with E-state index in [-0.39, 0.29) is 6.10 Å². The van der Waals surface area contributed by atoms with Crippen molar-refractivity contribution in [1.82, 2.24) is 5.32 Å². The van der Waals surface area contributed by atoms with Gasteiger partial charge in [-0.2, -0.15) is 0 Å². The molecule has 1 aromatic carbocycles. The second kappa shape index (κ2) is 5.07. The minimum Gasteiger partial charge on any atom is -0.399 e. The molecular formula is C14H22N2O. The van der Waals surface area contributed by atoms with Crippen LogP contribution in [0.4, 0.5) is 5.69 Å². The highest BCUT2D eigenvalue weighted by Crippen LogP contribution is 2.32. The van der Waals surface area contributed by atoms with Gasteiger partial charge < -0.3 is 16.2 Å². The second-order valence-electron chi connectivity index (χ2n) is 5.20. The van der Waals surface area contributed by atoms with Crippen LogP contribution in [-0.2, 0) is 6.42 Å². The highest BCUT2D eigenvalue weighted by Gasteiger charge is 2.23. The van der Waals surface area contributed by atoms with Gasteiger partial charge in [0.25, 0.3) is 0 Å². The zero-order valence-electron chi connectivity index (χ0n) is 10.6. The maximum Gasteiger partial charge on any atom is 0.0526 e. The van der Waals surface area contributed by atoms with Gasteiger partial charge in [-0.05, 0) is 56.4 Å². The van der Waals surface area contributed by atoms with Crippen LogP contribution in [0.3, 0.4) is 0 Å². The molecule has 4 N–H and O–H groups in total. The Labute approximate surface area is 103 Å². The molecule has 0 amide bonds. The third-order valence-electron chi connectivity index (χ3n) is 3.43.